The Balaban J connectivity index is 2.42. The highest BCUT2D eigenvalue weighted by Crippen LogP contribution is 2.36. The Morgan fingerprint density at radius 1 is 1.40 bits per heavy atom. The van der Waals surface area contributed by atoms with Crippen LogP contribution in [0.3, 0.4) is 0 Å². The molecule has 1 N–H and O–H groups in total. The van der Waals surface area contributed by atoms with Gasteiger partial charge in [-0.25, -0.2) is 0 Å². The molecule has 0 aromatic carbocycles. The highest BCUT2D eigenvalue weighted by molar-refractivity contribution is 4.78. The summed E-state index contributed by atoms with van der Waals surface area (Å²) in [5.41, 5.74) is 0. The van der Waals surface area contributed by atoms with Gasteiger partial charge in [-0.3, -0.25) is 0 Å². The first-order chi connectivity index (χ1) is 4.75. The van der Waals surface area contributed by atoms with Crippen molar-refractivity contribution < 1.29 is 5.11 Å². The molecule has 1 saturated carbocycles. The van der Waals surface area contributed by atoms with E-state index in [0.717, 1.165) is 11.8 Å². The molecule has 0 heterocycles. The fourth-order valence-corrected chi connectivity index (χ4v) is 2.17. The van der Waals surface area contributed by atoms with Crippen molar-refractivity contribution in [3.05, 3.63) is 0 Å². The van der Waals surface area contributed by atoms with Gasteiger partial charge in [-0.1, -0.05) is 20.3 Å². The van der Waals surface area contributed by atoms with Crippen LogP contribution in [0, 0.1) is 17.8 Å². The van der Waals surface area contributed by atoms with Crippen LogP contribution in [-0.4, -0.2) is 11.7 Å². The molecule has 1 fully saturated rings. The lowest BCUT2D eigenvalue weighted by Gasteiger charge is -2.20. The largest absolute Gasteiger partial charge is 0.396 e. The average Bonchev–Trinajstić information content (AvgIpc) is 2.33. The third-order valence-corrected chi connectivity index (χ3v) is 2.81. The van der Waals surface area contributed by atoms with E-state index >= 15 is 0 Å². The summed E-state index contributed by atoms with van der Waals surface area (Å²) in [6.07, 6.45) is 3.91. The van der Waals surface area contributed by atoms with Gasteiger partial charge in [0.1, 0.15) is 0 Å². The van der Waals surface area contributed by atoms with Gasteiger partial charge in [0, 0.05) is 6.61 Å². The highest BCUT2D eigenvalue weighted by atomic mass is 16.3. The Labute approximate surface area is 63.4 Å². The van der Waals surface area contributed by atoms with Crippen LogP contribution < -0.4 is 0 Å². The van der Waals surface area contributed by atoms with Crippen molar-refractivity contribution >= 4 is 0 Å². The molecule has 10 heavy (non-hydrogen) atoms. The third kappa shape index (κ3) is 1.51. The molecule has 1 nitrogen and oxygen atoms in total. The zero-order valence-electron chi connectivity index (χ0n) is 7.01. The second-order valence-electron chi connectivity index (χ2n) is 3.78. The molecule has 0 aromatic rings. The normalized spacial score (nSPS) is 33.6. The van der Waals surface area contributed by atoms with Gasteiger partial charge >= 0.3 is 0 Å². The van der Waals surface area contributed by atoms with Crippen LogP contribution in [0.4, 0.5) is 0 Å². The zero-order valence-corrected chi connectivity index (χ0v) is 7.01. The molecule has 1 heteroatoms. The minimum Gasteiger partial charge on any atom is -0.396 e. The molecule has 1 aliphatic carbocycles. The maximum absolute atomic E-state index is 8.99. The summed E-state index contributed by atoms with van der Waals surface area (Å²) in [7, 11) is 0. The van der Waals surface area contributed by atoms with Crippen LogP contribution in [0.5, 0.6) is 0 Å². The van der Waals surface area contributed by atoms with Crippen LogP contribution in [-0.2, 0) is 0 Å². The van der Waals surface area contributed by atoms with E-state index in [1.165, 1.54) is 19.3 Å². The van der Waals surface area contributed by atoms with Crippen molar-refractivity contribution in [1.82, 2.24) is 0 Å². The number of aliphatic hydroxyl groups is 1. The smallest absolute Gasteiger partial charge is 0.0462 e. The van der Waals surface area contributed by atoms with Crippen molar-refractivity contribution in [2.75, 3.05) is 6.61 Å². The summed E-state index contributed by atoms with van der Waals surface area (Å²) < 4.78 is 0. The first-order valence-electron chi connectivity index (χ1n) is 4.36. The molecule has 0 bridgehead atoms. The predicted molar refractivity (Wildman–Crippen MR) is 42.8 cm³/mol. The summed E-state index contributed by atoms with van der Waals surface area (Å²) in [5, 5.41) is 8.99. The van der Waals surface area contributed by atoms with Gasteiger partial charge < -0.3 is 5.11 Å². The lowest BCUT2D eigenvalue weighted by molar-refractivity contribution is 0.170. The maximum atomic E-state index is 8.99. The second kappa shape index (κ2) is 3.38. The molecular formula is C9H18O. The molecule has 0 unspecified atom stereocenters. The zero-order chi connectivity index (χ0) is 7.56. The minimum atomic E-state index is 0.406. The Kier molecular flexibility index (Phi) is 2.72. The molecule has 1 rings (SSSR count). The molecule has 0 spiro atoms. The van der Waals surface area contributed by atoms with Gasteiger partial charge in [-0.05, 0) is 30.6 Å². The maximum Gasteiger partial charge on any atom is 0.0462 e. The van der Waals surface area contributed by atoms with E-state index in [1.807, 2.05) is 0 Å². The fourth-order valence-electron chi connectivity index (χ4n) is 2.17. The van der Waals surface area contributed by atoms with Crippen molar-refractivity contribution in [2.45, 2.75) is 33.1 Å². The van der Waals surface area contributed by atoms with Crippen molar-refractivity contribution in [1.29, 1.82) is 0 Å². The van der Waals surface area contributed by atoms with E-state index in [1.54, 1.807) is 0 Å². The van der Waals surface area contributed by atoms with Crippen molar-refractivity contribution in [3.63, 3.8) is 0 Å². The first kappa shape index (κ1) is 8.06. The summed E-state index contributed by atoms with van der Waals surface area (Å²) in [5.74, 6) is 2.17. The predicted octanol–water partition coefficient (Wildman–Crippen LogP) is 2.05. The van der Waals surface area contributed by atoms with Crippen LogP contribution in [0.2, 0.25) is 0 Å². The van der Waals surface area contributed by atoms with Gasteiger partial charge in [0.2, 0.25) is 0 Å². The molecular weight excluding hydrogens is 124 g/mol. The van der Waals surface area contributed by atoms with E-state index in [0.29, 0.717) is 12.5 Å². The highest BCUT2D eigenvalue weighted by Gasteiger charge is 2.28. The topological polar surface area (TPSA) is 20.2 Å². The van der Waals surface area contributed by atoms with Crippen LogP contribution in [0.25, 0.3) is 0 Å². The lowest BCUT2D eigenvalue weighted by Crippen LogP contribution is -2.17. The van der Waals surface area contributed by atoms with Gasteiger partial charge in [0.25, 0.3) is 0 Å². The monoisotopic (exact) mass is 142 g/mol. The van der Waals surface area contributed by atoms with E-state index in [2.05, 4.69) is 13.8 Å². The van der Waals surface area contributed by atoms with Crippen LogP contribution in [0.15, 0.2) is 0 Å². The van der Waals surface area contributed by atoms with E-state index in [4.69, 9.17) is 5.11 Å². The van der Waals surface area contributed by atoms with Crippen molar-refractivity contribution in [2.24, 2.45) is 17.8 Å². The number of aliphatic hydroxyl groups excluding tert-OH is 1. The standard InChI is InChI=1S/C9H18O/c1-7(2)9-5-3-4-8(9)6-10/h7-10H,3-6H2,1-2H3/t8-,9-/m0/s1. The number of hydrogen-bond acceptors (Lipinski definition) is 1. The van der Waals surface area contributed by atoms with Gasteiger partial charge in [-0.2, -0.15) is 0 Å². The molecule has 0 aromatic heterocycles. The summed E-state index contributed by atoms with van der Waals surface area (Å²) in [4.78, 5) is 0. The van der Waals surface area contributed by atoms with Gasteiger partial charge in [0.05, 0.1) is 0 Å². The molecule has 0 saturated heterocycles. The average molecular weight is 142 g/mol. The number of hydrogen-bond donors (Lipinski definition) is 1. The molecule has 0 radical (unpaired) electrons. The lowest BCUT2D eigenvalue weighted by atomic mass is 9.87. The van der Waals surface area contributed by atoms with E-state index in [-0.39, 0.29) is 0 Å². The molecule has 1 aliphatic rings. The van der Waals surface area contributed by atoms with Crippen molar-refractivity contribution in [3.8, 4) is 0 Å². The number of rotatable bonds is 2. The molecule has 2 atom stereocenters. The van der Waals surface area contributed by atoms with Gasteiger partial charge in [0.15, 0.2) is 0 Å². The Morgan fingerprint density at radius 2 is 2.10 bits per heavy atom. The SMILES string of the molecule is CC(C)[C@@H]1CCC[C@H]1CO. The van der Waals surface area contributed by atoms with Gasteiger partial charge in [-0.15, -0.1) is 0 Å². The second-order valence-corrected chi connectivity index (χ2v) is 3.78. The molecule has 0 aliphatic heterocycles. The van der Waals surface area contributed by atoms with Crippen LogP contribution in [0.1, 0.15) is 33.1 Å². The summed E-state index contributed by atoms with van der Waals surface area (Å²) in [6, 6.07) is 0. The summed E-state index contributed by atoms with van der Waals surface area (Å²) >= 11 is 0. The molecule has 0 amide bonds. The molecule has 60 valence electrons. The van der Waals surface area contributed by atoms with Crippen LogP contribution >= 0.6 is 0 Å². The minimum absolute atomic E-state index is 0.406. The summed E-state index contributed by atoms with van der Waals surface area (Å²) in [6.45, 7) is 4.93. The van der Waals surface area contributed by atoms with E-state index in [9.17, 15) is 0 Å². The Hall–Kier alpha value is -0.0400. The van der Waals surface area contributed by atoms with E-state index < -0.39 is 0 Å². The first-order valence-corrected chi connectivity index (χ1v) is 4.36. The Bertz CT molecular complexity index is 98.9. The third-order valence-electron chi connectivity index (χ3n) is 2.81. The fraction of sp³-hybridized carbons (Fsp3) is 1.00. The quantitative estimate of drug-likeness (QED) is 0.625. The Morgan fingerprint density at radius 3 is 2.50 bits per heavy atom.